The number of carbonyl (C=O) groups excluding carboxylic acids is 1. The van der Waals surface area contributed by atoms with E-state index < -0.39 is 0 Å². The molecule has 1 fully saturated rings. The molecule has 1 aliphatic rings. The molecule has 0 aromatic rings. The van der Waals surface area contributed by atoms with Crippen LogP contribution in [0.1, 0.15) is 65.7 Å². The number of unbranched alkanes of at least 4 members (excludes halogenated alkanes) is 1. The van der Waals surface area contributed by atoms with Gasteiger partial charge in [-0.15, -0.1) is 6.58 Å². The van der Waals surface area contributed by atoms with Crippen molar-refractivity contribution in [3.8, 4) is 0 Å². The Balaban J connectivity index is 0. The quantitative estimate of drug-likeness (QED) is 0.480. The first-order valence-electron chi connectivity index (χ1n) is 8.90. The van der Waals surface area contributed by atoms with Gasteiger partial charge in [-0.05, 0) is 63.5 Å². The predicted molar refractivity (Wildman–Crippen MR) is 100 cm³/mol. The van der Waals surface area contributed by atoms with Crippen LogP contribution >= 0.6 is 0 Å². The number of carbonyl (C=O) groups is 1. The van der Waals surface area contributed by atoms with Gasteiger partial charge in [0.2, 0.25) is 0 Å². The van der Waals surface area contributed by atoms with Gasteiger partial charge >= 0.3 is 0 Å². The first-order chi connectivity index (χ1) is 10.7. The van der Waals surface area contributed by atoms with Gasteiger partial charge in [0.1, 0.15) is 6.79 Å². The number of hydrogen-bond donors (Lipinski definition) is 1. The van der Waals surface area contributed by atoms with Crippen molar-refractivity contribution in [2.75, 3.05) is 13.6 Å². The highest BCUT2D eigenvalue weighted by atomic mass is 16.1. The second-order valence-corrected chi connectivity index (χ2v) is 6.04. The minimum absolute atomic E-state index is 0.964. The van der Waals surface area contributed by atoms with Gasteiger partial charge in [0.25, 0.3) is 0 Å². The average Bonchev–Trinajstić information content (AvgIpc) is 2.91. The molecule has 22 heavy (non-hydrogen) atoms. The Hall–Kier alpha value is -0.890. The van der Waals surface area contributed by atoms with Crippen molar-refractivity contribution < 1.29 is 4.79 Å². The van der Waals surface area contributed by atoms with Gasteiger partial charge in [-0.2, -0.15) is 0 Å². The van der Waals surface area contributed by atoms with Crippen molar-refractivity contribution in [1.29, 1.82) is 0 Å². The van der Waals surface area contributed by atoms with E-state index in [4.69, 9.17) is 4.79 Å². The Morgan fingerprint density at radius 1 is 1.18 bits per heavy atom. The molecular weight excluding hydrogens is 270 g/mol. The van der Waals surface area contributed by atoms with Crippen LogP contribution < -0.4 is 5.32 Å². The van der Waals surface area contributed by atoms with Crippen LogP contribution in [0.2, 0.25) is 0 Å². The van der Waals surface area contributed by atoms with E-state index in [1.807, 2.05) is 19.9 Å². The number of rotatable bonds is 8. The fraction of sp³-hybridized carbons (Fsp3) is 0.750. The molecular formula is C20H39NO. The molecule has 3 atom stereocenters. The molecule has 0 bridgehead atoms. The number of hydrogen-bond acceptors (Lipinski definition) is 2. The van der Waals surface area contributed by atoms with E-state index in [-0.39, 0.29) is 0 Å². The zero-order valence-corrected chi connectivity index (χ0v) is 15.4. The lowest BCUT2D eigenvalue weighted by Crippen LogP contribution is -2.11. The standard InChI is InChI=1S/C13H24.C6H13N.CH2O/c1-4-6-7-8-13-11(3)9-10-12(13)5-2;1-3-4-5-6-7-2;1-2/h6-7,11-13H,4-5,8-10H2,1-3H3;3,7H,1,4-6H2,2H3;1H2/b7-6-;;. The zero-order chi connectivity index (χ0) is 17.2. The molecule has 2 heteroatoms. The fourth-order valence-corrected chi connectivity index (χ4v) is 3.14. The highest BCUT2D eigenvalue weighted by Gasteiger charge is 2.30. The van der Waals surface area contributed by atoms with Crippen LogP contribution in [0.5, 0.6) is 0 Å². The number of nitrogens with one attached hydrogen (secondary N) is 1. The van der Waals surface area contributed by atoms with Crippen LogP contribution in [-0.4, -0.2) is 20.4 Å². The minimum Gasteiger partial charge on any atom is -0.320 e. The molecule has 130 valence electrons. The van der Waals surface area contributed by atoms with E-state index in [0.717, 1.165) is 30.7 Å². The van der Waals surface area contributed by atoms with E-state index >= 15 is 0 Å². The monoisotopic (exact) mass is 309 g/mol. The van der Waals surface area contributed by atoms with Gasteiger partial charge < -0.3 is 10.1 Å². The summed E-state index contributed by atoms with van der Waals surface area (Å²) >= 11 is 0. The van der Waals surface area contributed by atoms with Gasteiger partial charge in [-0.1, -0.05) is 51.8 Å². The van der Waals surface area contributed by atoms with Crippen LogP contribution in [0.15, 0.2) is 24.8 Å². The summed E-state index contributed by atoms with van der Waals surface area (Å²) in [4.78, 5) is 8.00. The first-order valence-corrected chi connectivity index (χ1v) is 8.90. The Labute approximate surface area is 139 Å². The molecule has 0 aromatic carbocycles. The Morgan fingerprint density at radius 3 is 2.36 bits per heavy atom. The van der Waals surface area contributed by atoms with Crippen LogP contribution in [0.25, 0.3) is 0 Å². The van der Waals surface area contributed by atoms with Gasteiger partial charge in [0.15, 0.2) is 0 Å². The van der Waals surface area contributed by atoms with Crippen molar-refractivity contribution in [2.45, 2.75) is 65.7 Å². The highest BCUT2D eigenvalue weighted by Crippen LogP contribution is 2.40. The van der Waals surface area contributed by atoms with Gasteiger partial charge in [0.05, 0.1) is 0 Å². The molecule has 1 rings (SSSR count). The van der Waals surface area contributed by atoms with Crippen molar-refractivity contribution >= 4 is 6.79 Å². The second kappa shape index (κ2) is 18.2. The van der Waals surface area contributed by atoms with Crippen molar-refractivity contribution in [2.24, 2.45) is 17.8 Å². The summed E-state index contributed by atoms with van der Waals surface area (Å²) in [5, 5.41) is 3.05. The SMILES string of the molecule is C=CCCCNC.C=O.CC/C=C\CC1C(C)CCC1CC. The number of allylic oxidation sites excluding steroid dienone is 3. The molecule has 1 aliphatic carbocycles. The lowest BCUT2D eigenvalue weighted by atomic mass is 9.86. The molecule has 2 nitrogen and oxygen atoms in total. The third-order valence-corrected chi connectivity index (χ3v) is 4.50. The molecule has 0 aliphatic heterocycles. The Morgan fingerprint density at radius 2 is 1.86 bits per heavy atom. The highest BCUT2D eigenvalue weighted by molar-refractivity contribution is 5.11. The van der Waals surface area contributed by atoms with E-state index in [2.05, 4.69) is 44.8 Å². The van der Waals surface area contributed by atoms with Gasteiger partial charge in [-0.25, -0.2) is 0 Å². The maximum Gasteiger partial charge on any atom is 0.106 e. The summed E-state index contributed by atoms with van der Waals surface area (Å²) < 4.78 is 0. The lowest BCUT2D eigenvalue weighted by Gasteiger charge is -2.19. The Kier molecular flexibility index (Phi) is 19.3. The van der Waals surface area contributed by atoms with Gasteiger partial charge in [-0.3, -0.25) is 0 Å². The van der Waals surface area contributed by atoms with E-state index in [1.165, 1.54) is 38.5 Å². The summed E-state index contributed by atoms with van der Waals surface area (Å²) in [5.74, 6) is 2.95. The lowest BCUT2D eigenvalue weighted by molar-refractivity contribution is -0.0979. The summed E-state index contributed by atoms with van der Waals surface area (Å²) in [7, 11) is 1.96. The van der Waals surface area contributed by atoms with Gasteiger partial charge in [0, 0.05) is 0 Å². The Bertz CT molecular complexity index is 262. The van der Waals surface area contributed by atoms with E-state index in [9.17, 15) is 0 Å². The summed E-state index contributed by atoms with van der Waals surface area (Å²) in [6.07, 6.45) is 15.8. The van der Waals surface area contributed by atoms with Crippen LogP contribution in [0.3, 0.4) is 0 Å². The largest absolute Gasteiger partial charge is 0.320 e. The predicted octanol–water partition coefficient (Wildman–Crippen LogP) is 5.40. The topological polar surface area (TPSA) is 29.1 Å². The molecule has 3 unspecified atom stereocenters. The molecule has 0 heterocycles. The molecule has 0 radical (unpaired) electrons. The molecule has 0 saturated heterocycles. The van der Waals surface area contributed by atoms with Crippen molar-refractivity contribution in [3.05, 3.63) is 24.8 Å². The molecule has 0 spiro atoms. The van der Waals surface area contributed by atoms with Crippen molar-refractivity contribution in [3.63, 3.8) is 0 Å². The molecule has 1 N–H and O–H groups in total. The maximum absolute atomic E-state index is 8.00. The summed E-state index contributed by atoms with van der Waals surface area (Å²) in [6.45, 7) is 13.7. The normalized spacial score (nSPS) is 23.4. The van der Waals surface area contributed by atoms with Crippen LogP contribution in [0, 0.1) is 17.8 Å². The van der Waals surface area contributed by atoms with Crippen molar-refractivity contribution in [1.82, 2.24) is 5.32 Å². The first kappa shape index (κ1) is 23.4. The zero-order valence-electron chi connectivity index (χ0n) is 15.4. The third kappa shape index (κ3) is 11.7. The summed E-state index contributed by atoms with van der Waals surface area (Å²) in [5.41, 5.74) is 0. The molecule has 0 aromatic heterocycles. The maximum atomic E-state index is 8.00. The smallest absolute Gasteiger partial charge is 0.106 e. The van der Waals surface area contributed by atoms with Crippen LogP contribution in [-0.2, 0) is 4.79 Å². The van der Waals surface area contributed by atoms with E-state index in [1.54, 1.807) is 0 Å². The summed E-state index contributed by atoms with van der Waals surface area (Å²) in [6, 6.07) is 0. The second-order valence-electron chi connectivity index (χ2n) is 6.04. The minimum atomic E-state index is 0.964. The van der Waals surface area contributed by atoms with E-state index in [0.29, 0.717) is 0 Å². The van der Waals surface area contributed by atoms with Crippen LogP contribution in [0.4, 0.5) is 0 Å². The third-order valence-electron chi connectivity index (χ3n) is 4.50. The molecule has 0 amide bonds. The fourth-order valence-electron chi connectivity index (χ4n) is 3.14. The average molecular weight is 310 g/mol. The molecule has 1 saturated carbocycles.